The summed E-state index contributed by atoms with van der Waals surface area (Å²) < 4.78 is 42.3. The van der Waals surface area contributed by atoms with E-state index in [1.165, 1.54) is 6.07 Å². The Labute approximate surface area is 173 Å². The number of ether oxygens (including phenoxy) is 1. The number of piperazine rings is 1. The van der Waals surface area contributed by atoms with Gasteiger partial charge >= 0.3 is 6.61 Å². The molecule has 0 aromatic heterocycles. The number of halogens is 3. The number of nitrogens with zero attached hydrogens (tertiary/aromatic N) is 2. The minimum atomic E-state index is -3.15. The highest BCUT2D eigenvalue weighted by atomic mass is 19.3. The van der Waals surface area contributed by atoms with Crippen LogP contribution in [-0.2, 0) is 9.59 Å². The van der Waals surface area contributed by atoms with Gasteiger partial charge < -0.3 is 15.4 Å². The van der Waals surface area contributed by atoms with Crippen LogP contribution in [-0.4, -0.2) is 72.0 Å². The van der Waals surface area contributed by atoms with Crippen LogP contribution < -0.4 is 15.4 Å². The van der Waals surface area contributed by atoms with Gasteiger partial charge in [-0.1, -0.05) is 0 Å². The number of benzene rings is 1. The van der Waals surface area contributed by atoms with E-state index in [-0.39, 0.29) is 41.7 Å². The highest BCUT2D eigenvalue weighted by molar-refractivity contribution is 5.92. The summed E-state index contributed by atoms with van der Waals surface area (Å²) in [6.07, 6.45) is 0.888. The molecule has 2 N–H and O–H groups in total. The van der Waals surface area contributed by atoms with Crippen molar-refractivity contribution in [2.45, 2.75) is 51.4 Å². The molecule has 2 amide bonds. The van der Waals surface area contributed by atoms with E-state index in [0.717, 1.165) is 18.6 Å². The first-order chi connectivity index (χ1) is 14.0. The standard InChI is InChI=1S/C20H27F3N4O3/c1-20(2,3)25-18(29)11-27-9-13-7-14(27)8-26(13)10-17(28)24-12-4-5-15(21)16(6-12)30-19(22)23/h4-6,13-14,19H,7-11H2,1-3H3,(H,24,28)(H,25,29)/t13-,14-/m0/s1. The molecule has 2 bridgehead atoms. The summed E-state index contributed by atoms with van der Waals surface area (Å²) >= 11 is 0. The molecule has 10 heteroatoms. The van der Waals surface area contributed by atoms with Crippen LogP contribution in [0, 0.1) is 5.82 Å². The molecule has 7 nitrogen and oxygen atoms in total. The zero-order chi connectivity index (χ0) is 22.1. The molecule has 0 spiro atoms. The second-order valence-corrected chi connectivity index (χ2v) is 8.77. The Balaban J connectivity index is 1.49. The molecule has 0 radical (unpaired) electrons. The fourth-order valence-corrected chi connectivity index (χ4v) is 4.01. The van der Waals surface area contributed by atoms with E-state index in [1.807, 2.05) is 25.7 Å². The molecule has 30 heavy (non-hydrogen) atoms. The van der Waals surface area contributed by atoms with Crippen molar-refractivity contribution in [3.63, 3.8) is 0 Å². The first-order valence-electron chi connectivity index (χ1n) is 9.83. The van der Waals surface area contributed by atoms with Crippen molar-refractivity contribution in [3.05, 3.63) is 24.0 Å². The maximum absolute atomic E-state index is 13.5. The molecular weight excluding hydrogens is 401 g/mol. The highest BCUT2D eigenvalue weighted by Gasteiger charge is 2.44. The molecular formula is C20H27F3N4O3. The quantitative estimate of drug-likeness (QED) is 0.696. The summed E-state index contributed by atoms with van der Waals surface area (Å²) in [7, 11) is 0. The van der Waals surface area contributed by atoms with Crippen LogP contribution in [0.3, 0.4) is 0 Å². The third-order valence-corrected chi connectivity index (χ3v) is 5.11. The normalized spacial score (nSPS) is 21.8. The molecule has 0 aliphatic carbocycles. The summed E-state index contributed by atoms with van der Waals surface area (Å²) in [6.45, 7) is 4.50. The predicted molar refractivity (Wildman–Crippen MR) is 105 cm³/mol. The third-order valence-electron chi connectivity index (χ3n) is 5.11. The Bertz CT molecular complexity index is 800. The minimum Gasteiger partial charge on any atom is -0.432 e. The number of fused-ring (bicyclic) bond motifs is 2. The van der Waals surface area contributed by atoms with Crippen LogP contribution in [0.5, 0.6) is 5.75 Å². The minimum absolute atomic E-state index is 0.0162. The van der Waals surface area contributed by atoms with Gasteiger partial charge in [0.25, 0.3) is 0 Å². The fraction of sp³-hybridized carbons (Fsp3) is 0.600. The number of amides is 2. The van der Waals surface area contributed by atoms with Crippen molar-refractivity contribution in [2.24, 2.45) is 0 Å². The van der Waals surface area contributed by atoms with Gasteiger partial charge in [-0.2, -0.15) is 8.78 Å². The van der Waals surface area contributed by atoms with Crippen molar-refractivity contribution >= 4 is 17.5 Å². The van der Waals surface area contributed by atoms with Gasteiger partial charge in [0.1, 0.15) is 0 Å². The Morgan fingerprint density at radius 1 is 1.13 bits per heavy atom. The smallest absolute Gasteiger partial charge is 0.387 e. The topological polar surface area (TPSA) is 73.9 Å². The van der Waals surface area contributed by atoms with Crippen molar-refractivity contribution in [1.29, 1.82) is 0 Å². The molecule has 2 fully saturated rings. The number of hydrogen-bond donors (Lipinski definition) is 2. The van der Waals surface area contributed by atoms with Gasteiger partial charge in [-0.05, 0) is 39.3 Å². The summed E-state index contributed by atoms with van der Waals surface area (Å²) in [4.78, 5) is 28.7. The lowest BCUT2D eigenvalue weighted by molar-refractivity contribution is -0.124. The highest BCUT2D eigenvalue weighted by Crippen LogP contribution is 2.30. The maximum Gasteiger partial charge on any atom is 0.387 e. The van der Waals surface area contributed by atoms with Gasteiger partial charge in [0.15, 0.2) is 11.6 Å². The molecule has 0 unspecified atom stereocenters. The van der Waals surface area contributed by atoms with Crippen LogP contribution in [0.1, 0.15) is 27.2 Å². The molecule has 2 aliphatic rings. The van der Waals surface area contributed by atoms with E-state index in [1.54, 1.807) is 0 Å². The molecule has 2 aliphatic heterocycles. The monoisotopic (exact) mass is 428 g/mol. The first-order valence-corrected chi connectivity index (χ1v) is 9.83. The number of likely N-dealkylation sites (tertiary alicyclic amines) is 2. The van der Waals surface area contributed by atoms with Crippen molar-refractivity contribution in [3.8, 4) is 5.75 Å². The van der Waals surface area contributed by atoms with E-state index >= 15 is 0 Å². The molecule has 2 heterocycles. The van der Waals surface area contributed by atoms with E-state index < -0.39 is 18.2 Å². The number of hydrogen-bond acceptors (Lipinski definition) is 5. The molecule has 166 valence electrons. The van der Waals surface area contributed by atoms with Gasteiger partial charge in [-0.25, -0.2) is 4.39 Å². The summed E-state index contributed by atoms with van der Waals surface area (Å²) in [6, 6.07) is 3.67. The molecule has 2 atom stereocenters. The number of anilines is 1. The lowest BCUT2D eigenvalue weighted by Gasteiger charge is -2.34. The SMILES string of the molecule is CC(C)(C)NC(=O)CN1C[C@@H]2C[C@H]1CN2CC(=O)Nc1ccc(F)c(OC(F)F)c1. The van der Waals surface area contributed by atoms with E-state index in [4.69, 9.17) is 0 Å². The number of alkyl halides is 2. The van der Waals surface area contributed by atoms with Crippen molar-refractivity contribution in [1.82, 2.24) is 15.1 Å². The van der Waals surface area contributed by atoms with Crippen LogP contribution in [0.2, 0.25) is 0 Å². The molecule has 1 aromatic rings. The number of nitrogens with one attached hydrogen (secondary N) is 2. The van der Waals surface area contributed by atoms with E-state index in [2.05, 4.69) is 20.3 Å². The van der Waals surface area contributed by atoms with Gasteiger partial charge in [-0.3, -0.25) is 19.4 Å². The molecule has 3 rings (SSSR count). The Kier molecular flexibility index (Phi) is 6.56. The Morgan fingerprint density at radius 3 is 2.27 bits per heavy atom. The average molecular weight is 428 g/mol. The summed E-state index contributed by atoms with van der Waals surface area (Å²) in [5.74, 6) is -1.89. The number of rotatable bonds is 7. The van der Waals surface area contributed by atoms with Crippen LogP contribution in [0.25, 0.3) is 0 Å². The lowest BCUT2D eigenvalue weighted by Crippen LogP contribution is -2.52. The summed E-state index contributed by atoms with van der Waals surface area (Å²) in [5, 5.41) is 5.54. The zero-order valence-electron chi connectivity index (χ0n) is 17.3. The van der Waals surface area contributed by atoms with Gasteiger partial charge in [0.05, 0.1) is 13.1 Å². The third kappa shape index (κ3) is 5.85. The van der Waals surface area contributed by atoms with Gasteiger partial charge in [0.2, 0.25) is 11.8 Å². The average Bonchev–Trinajstić information content (AvgIpc) is 3.15. The number of carbonyl (C=O) groups is 2. The maximum atomic E-state index is 13.5. The van der Waals surface area contributed by atoms with Gasteiger partial charge in [-0.15, -0.1) is 0 Å². The van der Waals surface area contributed by atoms with Crippen molar-refractivity contribution in [2.75, 3.05) is 31.5 Å². The van der Waals surface area contributed by atoms with Crippen LogP contribution in [0.15, 0.2) is 18.2 Å². The zero-order valence-corrected chi connectivity index (χ0v) is 17.3. The lowest BCUT2D eigenvalue weighted by atomic mass is 10.1. The largest absolute Gasteiger partial charge is 0.432 e. The number of carbonyl (C=O) groups excluding carboxylic acids is 2. The van der Waals surface area contributed by atoms with Crippen LogP contribution >= 0.6 is 0 Å². The molecule has 2 saturated heterocycles. The molecule has 0 saturated carbocycles. The van der Waals surface area contributed by atoms with Crippen molar-refractivity contribution < 1.29 is 27.5 Å². The Morgan fingerprint density at radius 2 is 1.73 bits per heavy atom. The summed E-state index contributed by atoms with van der Waals surface area (Å²) in [5.41, 5.74) is -0.0950. The van der Waals surface area contributed by atoms with E-state index in [0.29, 0.717) is 19.6 Å². The Hall–Kier alpha value is -2.33. The second kappa shape index (κ2) is 8.81. The predicted octanol–water partition coefficient (Wildman–Crippen LogP) is 2.04. The molecule has 1 aromatic carbocycles. The van der Waals surface area contributed by atoms with E-state index in [9.17, 15) is 22.8 Å². The second-order valence-electron chi connectivity index (χ2n) is 8.77. The fourth-order valence-electron chi connectivity index (χ4n) is 4.01. The van der Waals surface area contributed by atoms with Gasteiger partial charge in [0, 0.05) is 42.5 Å². The first kappa shape index (κ1) is 22.4. The van der Waals surface area contributed by atoms with Crippen LogP contribution in [0.4, 0.5) is 18.9 Å².